The first kappa shape index (κ1) is 16.0. The number of Topliss-reactive ketones (excluding diaryl/α,β-unsaturated/α-hetero) is 1. The third-order valence-electron chi connectivity index (χ3n) is 5.25. The summed E-state index contributed by atoms with van der Waals surface area (Å²) in [5.74, 6) is 1.21. The van der Waals surface area contributed by atoms with Gasteiger partial charge >= 0.3 is 0 Å². The van der Waals surface area contributed by atoms with E-state index in [0.717, 1.165) is 55.4 Å². The van der Waals surface area contributed by atoms with Crippen LogP contribution in [0.1, 0.15) is 63.5 Å². The molecule has 0 unspecified atom stereocenters. The van der Waals surface area contributed by atoms with Crippen LogP contribution in [-0.2, 0) is 9.53 Å². The summed E-state index contributed by atoms with van der Waals surface area (Å²) in [6, 6.07) is 10.3. The molecule has 1 spiro atoms. The maximum atomic E-state index is 13.4. The first-order valence-electron chi connectivity index (χ1n) is 8.82. The van der Waals surface area contributed by atoms with Gasteiger partial charge in [-0.1, -0.05) is 56.2 Å². The standard InChI is InChI=1S/C21H26O2/c1-3-10-17-18(11-4-2)23-20(16-12-6-5-7-13-16)21(19(17)22)14-8-9-15-21/h3,5-7,12-13,20H,1,4,8-11,14-15H2,2H3/t20-/m0/s1. The lowest BCUT2D eigenvalue weighted by molar-refractivity contribution is -0.138. The Labute approximate surface area is 139 Å². The number of carbonyl (C=O) groups excluding carboxylic acids is 1. The molecule has 0 radical (unpaired) electrons. The largest absolute Gasteiger partial charge is 0.489 e. The highest BCUT2D eigenvalue weighted by molar-refractivity contribution is 6.02. The van der Waals surface area contributed by atoms with Crippen molar-refractivity contribution in [1.82, 2.24) is 0 Å². The second-order valence-corrected chi connectivity index (χ2v) is 6.75. The Morgan fingerprint density at radius 3 is 2.57 bits per heavy atom. The number of hydrogen-bond acceptors (Lipinski definition) is 2. The van der Waals surface area contributed by atoms with E-state index in [4.69, 9.17) is 4.74 Å². The average molecular weight is 310 g/mol. The molecular formula is C21H26O2. The van der Waals surface area contributed by atoms with Crippen molar-refractivity contribution in [2.45, 2.75) is 58.0 Å². The maximum Gasteiger partial charge on any atom is 0.172 e. The van der Waals surface area contributed by atoms with E-state index < -0.39 is 0 Å². The zero-order valence-electron chi connectivity index (χ0n) is 14.0. The maximum absolute atomic E-state index is 13.4. The second-order valence-electron chi connectivity index (χ2n) is 6.75. The van der Waals surface area contributed by atoms with Gasteiger partial charge in [0.25, 0.3) is 0 Å². The molecule has 23 heavy (non-hydrogen) atoms. The fraction of sp³-hybridized carbons (Fsp3) is 0.476. The van der Waals surface area contributed by atoms with E-state index in [1.165, 1.54) is 0 Å². The molecule has 1 aromatic rings. The number of ether oxygens (including phenoxy) is 1. The van der Waals surface area contributed by atoms with E-state index >= 15 is 0 Å². The summed E-state index contributed by atoms with van der Waals surface area (Å²) in [5, 5.41) is 0. The smallest absolute Gasteiger partial charge is 0.172 e. The third kappa shape index (κ3) is 2.75. The molecule has 0 N–H and O–H groups in total. The molecule has 1 aromatic carbocycles. The van der Waals surface area contributed by atoms with Gasteiger partial charge in [-0.25, -0.2) is 0 Å². The monoisotopic (exact) mass is 310 g/mol. The SMILES string of the molecule is C=CCC1=C(CCC)O[C@@H](c2ccccc2)C2(CCCC2)C1=O. The van der Waals surface area contributed by atoms with E-state index in [1.807, 2.05) is 24.3 Å². The molecule has 1 fully saturated rings. The fourth-order valence-electron chi connectivity index (χ4n) is 4.17. The van der Waals surface area contributed by atoms with Crippen LogP contribution in [0.3, 0.4) is 0 Å². The minimum absolute atomic E-state index is 0.131. The van der Waals surface area contributed by atoms with Crippen LogP contribution in [0, 0.1) is 5.41 Å². The van der Waals surface area contributed by atoms with Crippen LogP contribution in [0.25, 0.3) is 0 Å². The molecular weight excluding hydrogens is 284 g/mol. The molecule has 1 atom stereocenters. The first-order chi connectivity index (χ1) is 11.2. The number of hydrogen-bond donors (Lipinski definition) is 0. The predicted octanol–water partition coefficient (Wildman–Crippen LogP) is 5.52. The lowest BCUT2D eigenvalue weighted by Gasteiger charge is -2.42. The molecule has 1 saturated carbocycles. The molecule has 122 valence electrons. The van der Waals surface area contributed by atoms with E-state index in [9.17, 15) is 4.79 Å². The van der Waals surface area contributed by atoms with E-state index in [-0.39, 0.29) is 11.5 Å². The highest BCUT2D eigenvalue weighted by Crippen LogP contribution is 2.55. The molecule has 1 aliphatic carbocycles. The van der Waals surface area contributed by atoms with Gasteiger partial charge in [-0.15, -0.1) is 6.58 Å². The average Bonchev–Trinajstić information content (AvgIpc) is 3.06. The molecule has 2 aliphatic rings. The summed E-state index contributed by atoms with van der Waals surface area (Å²) in [6.07, 6.45) is 8.23. The van der Waals surface area contributed by atoms with Crippen molar-refractivity contribution < 1.29 is 9.53 Å². The second kappa shape index (κ2) is 6.74. The fourth-order valence-corrected chi connectivity index (χ4v) is 4.17. The molecule has 2 nitrogen and oxygen atoms in total. The van der Waals surface area contributed by atoms with Crippen LogP contribution in [0.15, 0.2) is 54.3 Å². The van der Waals surface area contributed by atoms with Crippen molar-refractivity contribution in [2.75, 3.05) is 0 Å². The molecule has 0 saturated heterocycles. The van der Waals surface area contributed by atoms with Gasteiger partial charge in [-0.3, -0.25) is 4.79 Å². The Bertz CT molecular complexity index is 606. The first-order valence-corrected chi connectivity index (χ1v) is 8.82. The van der Waals surface area contributed by atoms with E-state index in [1.54, 1.807) is 0 Å². The lowest BCUT2D eigenvalue weighted by Crippen LogP contribution is -2.41. The van der Waals surface area contributed by atoms with Gasteiger partial charge in [-0.2, -0.15) is 0 Å². The predicted molar refractivity (Wildman–Crippen MR) is 92.9 cm³/mol. The summed E-state index contributed by atoms with van der Waals surface area (Å²) in [7, 11) is 0. The third-order valence-corrected chi connectivity index (χ3v) is 5.25. The topological polar surface area (TPSA) is 26.3 Å². The summed E-state index contributed by atoms with van der Waals surface area (Å²) in [6.45, 7) is 5.96. The van der Waals surface area contributed by atoms with Crippen molar-refractivity contribution in [2.24, 2.45) is 5.41 Å². The Hall–Kier alpha value is -1.83. The van der Waals surface area contributed by atoms with Crippen LogP contribution < -0.4 is 0 Å². The number of ketones is 1. The number of rotatable bonds is 5. The van der Waals surface area contributed by atoms with Crippen LogP contribution in [0.2, 0.25) is 0 Å². The van der Waals surface area contributed by atoms with Gasteiger partial charge in [0.15, 0.2) is 5.78 Å². The van der Waals surface area contributed by atoms with Gasteiger partial charge in [0.05, 0.1) is 5.41 Å². The van der Waals surface area contributed by atoms with Gasteiger partial charge in [0.1, 0.15) is 11.9 Å². The number of allylic oxidation sites excluding steroid dienone is 3. The molecule has 0 amide bonds. The Balaban J connectivity index is 2.08. The Kier molecular flexibility index (Phi) is 4.70. The zero-order valence-corrected chi connectivity index (χ0v) is 14.0. The molecule has 2 heteroatoms. The number of benzene rings is 1. The van der Waals surface area contributed by atoms with Crippen molar-refractivity contribution in [1.29, 1.82) is 0 Å². The molecule has 1 heterocycles. The van der Waals surface area contributed by atoms with Crippen LogP contribution in [0.5, 0.6) is 0 Å². The lowest BCUT2D eigenvalue weighted by atomic mass is 9.69. The van der Waals surface area contributed by atoms with Gasteiger partial charge in [0, 0.05) is 12.0 Å². The summed E-state index contributed by atoms with van der Waals surface area (Å²) < 4.78 is 6.50. The zero-order chi connectivity index (χ0) is 16.3. The van der Waals surface area contributed by atoms with Crippen molar-refractivity contribution >= 4 is 5.78 Å². The number of carbonyl (C=O) groups is 1. The van der Waals surface area contributed by atoms with Crippen LogP contribution in [0.4, 0.5) is 0 Å². The van der Waals surface area contributed by atoms with E-state index in [2.05, 4.69) is 25.6 Å². The van der Waals surface area contributed by atoms with Crippen LogP contribution >= 0.6 is 0 Å². The highest BCUT2D eigenvalue weighted by Gasteiger charge is 2.53. The highest BCUT2D eigenvalue weighted by atomic mass is 16.5. The summed E-state index contributed by atoms with van der Waals surface area (Å²) >= 11 is 0. The van der Waals surface area contributed by atoms with Gasteiger partial charge < -0.3 is 4.74 Å². The molecule has 0 bridgehead atoms. The quantitative estimate of drug-likeness (QED) is 0.670. The molecule has 3 rings (SSSR count). The Morgan fingerprint density at radius 2 is 1.96 bits per heavy atom. The molecule has 1 aliphatic heterocycles. The van der Waals surface area contributed by atoms with Gasteiger partial charge in [0.2, 0.25) is 0 Å². The summed E-state index contributed by atoms with van der Waals surface area (Å²) in [5.41, 5.74) is 1.64. The van der Waals surface area contributed by atoms with Gasteiger partial charge in [-0.05, 0) is 31.2 Å². The Morgan fingerprint density at radius 1 is 1.26 bits per heavy atom. The van der Waals surface area contributed by atoms with E-state index in [0.29, 0.717) is 12.2 Å². The van der Waals surface area contributed by atoms with Crippen molar-refractivity contribution in [3.8, 4) is 0 Å². The van der Waals surface area contributed by atoms with Crippen molar-refractivity contribution in [3.63, 3.8) is 0 Å². The van der Waals surface area contributed by atoms with Crippen LogP contribution in [-0.4, -0.2) is 5.78 Å². The summed E-state index contributed by atoms with van der Waals surface area (Å²) in [4.78, 5) is 13.4. The minimum atomic E-state index is -0.364. The molecule has 0 aromatic heterocycles. The minimum Gasteiger partial charge on any atom is -0.489 e. The normalized spacial score (nSPS) is 23.2. The van der Waals surface area contributed by atoms with Crippen molar-refractivity contribution in [3.05, 3.63) is 59.9 Å².